The topological polar surface area (TPSA) is 91.9 Å². The lowest BCUT2D eigenvalue weighted by atomic mass is 10.1. The molecule has 1 aliphatic rings. The Hall–Kier alpha value is -1.58. The molecule has 0 aliphatic heterocycles. The second-order valence-corrected chi connectivity index (χ2v) is 5.61. The predicted molar refractivity (Wildman–Crippen MR) is 71.7 cm³/mol. The Labute approximate surface area is 130 Å². The highest BCUT2D eigenvalue weighted by Gasteiger charge is 2.44. The van der Waals surface area contributed by atoms with Crippen LogP contribution in [-0.2, 0) is 10.9 Å². The van der Waals surface area contributed by atoms with E-state index in [9.17, 15) is 28.2 Å². The van der Waals surface area contributed by atoms with E-state index in [-0.39, 0.29) is 18.8 Å². The molecule has 1 saturated carbocycles. The highest BCUT2D eigenvalue weighted by Crippen LogP contribution is 2.34. The van der Waals surface area contributed by atoms with Crippen molar-refractivity contribution in [3.05, 3.63) is 23.2 Å². The summed E-state index contributed by atoms with van der Waals surface area (Å²) < 4.78 is 48.0. The third-order valence-electron chi connectivity index (χ3n) is 3.86. The summed E-state index contributed by atoms with van der Waals surface area (Å²) in [6.45, 7) is 1.47. The summed E-state index contributed by atoms with van der Waals surface area (Å²) in [5.74, 6) is -2.85. The van der Waals surface area contributed by atoms with Crippen LogP contribution < -0.4 is 5.32 Å². The zero-order chi connectivity index (χ0) is 17.4. The first-order valence-electron chi connectivity index (χ1n) is 6.98. The molecule has 0 spiro atoms. The minimum absolute atomic E-state index is 0.0493. The second kappa shape index (κ2) is 6.50. The molecule has 1 aromatic heterocycles. The van der Waals surface area contributed by atoms with Gasteiger partial charge in [-0.1, -0.05) is 0 Å². The van der Waals surface area contributed by atoms with Crippen molar-refractivity contribution in [2.24, 2.45) is 5.92 Å². The maximum Gasteiger partial charge on any atom is 0.450 e. The largest absolute Gasteiger partial charge is 0.456 e. The van der Waals surface area contributed by atoms with Crippen molar-refractivity contribution in [1.29, 1.82) is 0 Å². The van der Waals surface area contributed by atoms with Crippen LogP contribution in [0.4, 0.5) is 13.2 Å². The number of amides is 1. The number of aryl methyl sites for hydroxylation is 1. The molecule has 6 nitrogen and oxygen atoms in total. The number of hydrogen-bond donors (Lipinski definition) is 3. The SMILES string of the molecule is COC[C@H]1C[C@@H](NC(=O)c2cc(C)oc2C(F)(F)F)[C@H](O)[C@@H]1O. The van der Waals surface area contributed by atoms with Crippen LogP contribution >= 0.6 is 0 Å². The second-order valence-electron chi connectivity index (χ2n) is 5.61. The number of alkyl halides is 3. The van der Waals surface area contributed by atoms with Crippen molar-refractivity contribution in [2.45, 2.75) is 37.8 Å². The lowest BCUT2D eigenvalue weighted by molar-refractivity contribution is -0.153. The molecule has 0 aromatic carbocycles. The highest BCUT2D eigenvalue weighted by molar-refractivity contribution is 5.95. The molecular formula is C14H18F3NO5. The van der Waals surface area contributed by atoms with Crippen LogP contribution in [0.1, 0.15) is 28.3 Å². The van der Waals surface area contributed by atoms with Crippen molar-refractivity contribution >= 4 is 5.91 Å². The van der Waals surface area contributed by atoms with E-state index in [0.29, 0.717) is 0 Å². The lowest BCUT2D eigenvalue weighted by Gasteiger charge is -2.18. The number of hydrogen-bond acceptors (Lipinski definition) is 5. The zero-order valence-electron chi connectivity index (χ0n) is 12.6. The van der Waals surface area contributed by atoms with Gasteiger partial charge in [-0.05, 0) is 19.4 Å². The summed E-state index contributed by atoms with van der Waals surface area (Å²) in [7, 11) is 1.43. The summed E-state index contributed by atoms with van der Waals surface area (Å²) in [4.78, 5) is 12.1. The van der Waals surface area contributed by atoms with Crippen LogP contribution in [0.15, 0.2) is 10.5 Å². The number of furan rings is 1. The standard InChI is InChI=1S/C14H18F3NO5/c1-6-3-8(12(23-6)14(15,16)17)13(21)18-9-4-7(5-22-2)10(19)11(9)20/h3,7,9-11,19-20H,4-5H2,1-2H3,(H,18,21)/t7-,9-,10-,11+/m1/s1. The third kappa shape index (κ3) is 3.67. The number of rotatable bonds is 4. The number of carbonyl (C=O) groups excluding carboxylic acids is 1. The Morgan fingerprint density at radius 2 is 2.09 bits per heavy atom. The average Bonchev–Trinajstić information content (AvgIpc) is 2.96. The van der Waals surface area contributed by atoms with E-state index in [4.69, 9.17) is 4.74 Å². The van der Waals surface area contributed by atoms with Crippen molar-refractivity contribution in [1.82, 2.24) is 5.32 Å². The summed E-state index contributed by atoms with van der Waals surface area (Å²) >= 11 is 0. The number of carbonyl (C=O) groups is 1. The molecule has 9 heteroatoms. The van der Waals surface area contributed by atoms with Gasteiger partial charge in [0.1, 0.15) is 11.9 Å². The molecule has 1 aliphatic carbocycles. The quantitative estimate of drug-likeness (QED) is 0.765. The fourth-order valence-electron chi connectivity index (χ4n) is 2.79. The minimum atomic E-state index is -4.80. The number of nitrogens with one attached hydrogen (secondary N) is 1. The third-order valence-corrected chi connectivity index (χ3v) is 3.86. The molecule has 1 heterocycles. The summed E-state index contributed by atoms with van der Waals surface area (Å²) in [5, 5.41) is 22.1. The summed E-state index contributed by atoms with van der Waals surface area (Å²) in [5.41, 5.74) is -0.646. The van der Waals surface area contributed by atoms with Crippen molar-refractivity contribution in [2.75, 3.05) is 13.7 Å². The smallest absolute Gasteiger partial charge is 0.450 e. The maximum absolute atomic E-state index is 12.9. The lowest BCUT2D eigenvalue weighted by Crippen LogP contribution is -2.43. The van der Waals surface area contributed by atoms with E-state index in [1.807, 2.05) is 0 Å². The number of methoxy groups -OCH3 is 1. The minimum Gasteiger partial charge on any atom is -0.456 e. The van der Waals surface area contributed by atoms with Gasteiger partial charge in [0.2, 0.25) is 5.76 Å². The predicted octanol–water partition coefficient (Wildman–Crippen LogP) is 1.09. The fraction of sp³-hybridized carbons (Fsp3) is 0.643. The highest BCUT2D eigenvalue weighted by atomic mass is 19.4. The van der Waals surface area contributed by atoms with Gasteiger partial charge in [0.25, 0.3) is 5.91 Å². The molecule has 0 bridgehead atoms. The molecule has 1 amide bonds. The monoisotopic (exact) mass is 337 g/mol. The van der Waals surface area contributed by atoms with E-state index in [0.717, 1.165) is 6.07 Å². The van der Waals surface area contributed by atoms with Crippen LogP contribution in [0.25, 0.3) is 0 Å². The molecule has 23 heavy (non-hydrogen) atoms. The number of aliphatic hydroxyl groups is 2. The van der Waals surface area contributed by atoms with Crippen LogP contribution in [0.2, 0.25) is 0 Å². The molecule has 130 valence electrons. The van der Waals surface area contributed by atoms with Gasteiger partial charge in [-0.25, -0.2) is 0 Å². The van der Waals surface area contributed by atoms with E-state index in [1.165, 1.54) is 14.0 Å². The van der Waals surface area contributed by atoms with Crippen LogP contribution in [0.3, 0.4) is 0 Å². The van der Waals surface area contributed by atoms with Gasteiger partial charge in [0.05, 0.1) is 24.3 Å². The average molecular weight is 337 g/mol. The van der Waals surface area contributed by atoms with E-state index in [2.05, 4.69) is 9.73 Å². The molecule has 3 N–H and O–H groups in total. The van der Waals surface area contributed by atoms with Gasteiger partial charge in [-0.3, -0.25) is 4.79 Å². The Morgan fingerprint density at radius 3 is 2.65 bits per heavy atom. The fourth-order valence-corrected chi connectivity index (χ4v) is 2.79. The Morgan fingerprint density at radius 1 is 1.43 bits per heavy atom. The Balaban J connectivity index is 2.14. The molecule has 0 unspecified atom stereocenters. The molecule has 2 rings (SSSR count). The normalized spacial score (nSPS) is 28.1. The van der Waals surface area contributed by atoms with E-state index < -0.39 is 47.6 Å². The molecule has 4 atom stereocenters. The van der Waals surface area contributed by atoms with Crippen molar-refractivity contribution < 1.29 is 37.3 Å². The number of halogens is 3. The van der Waals surface area contributed by atoms with Crippen LogP contribution in [0.5, 0.6) is 0 Å². The van der Waals surface area contributed by atoms with E-state index in [1.54, 1.807) is 0 Å². The van der Waals surface area contributed by atoms with Crippen LogP contribution in [-0.4, -0.2) is 48.1 Å². The first kappa shape index (κ1) is 17.8. The maximum atomic E-state index is 12.9. The molecular weight excluding hydrogens is 319 g/mol. The van der Waals surface area contributed by atoms with Gasteiger partial charge in [0.15, 0.2) is 0 Å². The molecule has 1 aromatic rings. The van der Waals surface area contributed by atoms with Gasteiger partial charge in [0, 0.05) is 13.0 Å². The Kier molecular flexibility index (Phi) is 5.02. The summed E-state index contributed by atoms with van der Waals surface area (Å²) in [6.07, 6.45) is -7.00. The van der Waals surface area contributed by atoms with Gasteiger partial charge < -0.3 is 24.7 Å². The first-order chi connectivity index (χ1) is 10.6. The Bertz CT molecular complexity index is 571. The zero-order valence-corrected chi connectivity index (χ0v) is 12.6. The van der Waals surface area contributed by atoms with Crippen LogP contribution in [0, 0.1) is 12.8 Å². The van der Waals surface area contributed by atoms with Gasteiger partial charge in [-0.2, -0.15) is 13.2 Å². The molecule has 0 saturated heterocycles. The molecule has 0 radical (unpaired) electrons. The number of aliphatic hydroxyl groups excluding tert-OH is 2. The van der Waals surface area contributed by atoms with Crippen molar-refractivity contribution in [3.8, 4) is 0 Å². The molecule has 1 fully saturated rings. The first-order valence-corrected chi connectivity index (χ1v) is 6.98. The number of ether oxygens (including phenoxy) is 1. The van der Waals surface area contributed by atoms with Crippen molar-refractivity contribution in [3.63, 3.8) is 0 Å². The van der Waals surface area contributed by atoms with Gasteiger partial charge in [-0.15, -0.1) is 0 Å². The van der Waals surface area contributed by atoms with E-state index >= 15 is 0 Å². The summed E-state index contributed by atoms with van der Waals surface area (Å²) in [6, 6.07) is 0.122. The van der Waals surface area contributed by atoms with Gasteiger partial charge >= 0.3 is 6.18 Å².